The second-order valence-corrected chi connectivity index (χ2v) is 9.50. The molecular formula is C20H27NO5S2. The molecule has 1 saturated heterocycles. The largest absolute Gasteiger partial charge is 0.491 e. The van der Waals surface area contributed by atoms with Gasteiger partial charge in [-0.15, -0.1) is 11.3 Å². The van der Waals surface area contributed by atoms with E-state index < -0.39 is 10.0 Å². The molecule has 1 aromatic carbocycles. The predicted octanol–water partition coefficient (Wildman–Crippen LogP) is 3.53. The molecule has 0 bridgehead atoms. The molecule has 2 aromatic rings. The van der Waals surface area contributed by atoms with Crippen molar-refractivity contribution >= 4 is 21.4 Å². The fraction of sp³-hybridized carbons (Fsp3) is 0.500. The van der Waals surface area contributed by atoms with Gasteiger partial charge in [0.05, 0.1) is 17.6 Å². The molecule has 0 saturated carbocycles. The smallest absolute Gasteiger partial charge is 0.243 e. The van der Waals surface area contributed by atoms with Crippen LogP contribution in [0.2, 0.25) is 0 Å². The molecule has 0 radical (unpaired) electrons. The first-order valence-electron chi connectivity index (χ1n) is 9.54. The summed E-state index contributed by atoms with van der Waals surface area (Å²) in [7, 11) is -3.63. The van der Waals surface area contributed by atoms with Crippen LogP contribution in [-0.2, 0) is 26.0 Å². The molecule has 1 aliphatic rings. The van der Waals surface area contributed by atoms with E-state index in [9.17, 15) is 8.42 Å². The summed E-state index contributed by atoms with van der Waals surface area (Å²) in [5.74, 6) is 0.627. The molecule has 1 fully saturated rings. The van der Waals surface area contributed by atoms with E-state index in [0.29, 0.717) is 45.3 Å². The van der Waals surface area contributed by atoms with Crippen molar-refractivity contribution in [2.45, 2.75) is 37.3 Å². The molecule has 8 heteroatoms. The van der Waals surface area contributed by atoms with Gasteiger partial charge in [0.15, 0.2) is 0 Å². The third kappa shape index (κ3) is 5.78. The van der Waals surface area contributed by atoms with E-state index in [2.05, 4.69) is 0 Å². The van der Waals surface area contributed by atoms with Crippen molar-refractivity contribution < 1.29 is 22.6 Å². The molecule has 0 aliphatic carbocycles. The molecule has 154 valence electrons. The fourth-order valence-corrected chi connectivity index (χ4v) is 5.31. The van der Waals surface area contributed by atoms with Crippen molar-refractivity contribution in [1.82, 2.24) is 4.31 Å². The molecule has 1 atom stereocenters. The molecule has 0 spiro atoms. The zero-order chi connectivity index (χ0) is 19.8. The van der Waals surface area contributed by atoms with Gasteiger partial charge in [-0.1, -0.05) is 6.07 Å². The molecule has 28 heavy (non-hydrogen) atoms. The highest BCUT2D eigenvalue weighted by molar-refractivity contribution is 7.89. The minimum absolute atomic E-state index is 0.0455. The molecular weight excluding hydrogens is 398 g/mol. The zero-order valence-corrected chi connectivity index (χ0v) is 17.7. The monoisotopic (exact) mass is 425 g/mol. The van der Waals surface area contributed by atoms with E-state index in [0.717, 1.165) is 17.7 Å². The summed E-state index contributed by atoms with van der Waals surface area (Å²) in [5, 5.41) is 1.96. The second-order valence-electron chi connectivity index (χ2n) is 6.53. The molecule has 0 N–H and O–H groups in total. The van der Waals surface area contributed by atoms with Crippen molar-refractivity contribution in [3.8, 4) is 5.75 Å². The van der Waals surface area contributed by atoms with E-state index >= 15 is 0 Å². The predicted molar refractivity (Wildman–Crippen MR) is 109 cm³/mol. The maximum atomic E-state index is 13.3. The first-order valence-corrected chi connectivity index (χ1v) is 11.9. The van der Waals surface area contributed by atoms with Crippen LogP contribution in [0, 0.1) is 0 Å². The maximum Gasteiger partial charge on any atom is 0.243 e. The SMILES string of the molecule is CCOCCOc1ccc(S(=O)(=O)N(Cc2cccs2)CC2CCCO2)cc1. The van der Waals surface area contributed by atoms with Crippen LogP contribution < -0.4 is 4.74 Å². The number of nitrogens with zero attached hydrogens (tertiary/aromatic N) is 1. The van der Waals surface area contributed by atoms with Crippen LogP contribution in [0.15, 0.2) is 46.7 Å². The Hall–Kier alpha value is -1.45. The number of hydrogen-bond donors (Lipinski definition) is 0. The van der Waals surface area contributed by atoms with Gasteiger partial charge in [0.2, 0.25) is 10.0 Å². The van der Waals surface area contributed by atoms with Crippen molar-refractivity contribution in [2.75, 3.05) is 33.0 Å². The Kier molecular flexibility index (Phi) is 7.87. The van der Waals surface area contributed by atoms with Crippen LogP contribution in [0.1, 0.15) is 24.6 Å². The van der Waals surface area contributed by atoms with Crippen LogP contribution >= 0.6 is 11.3 Å². The Balaban J connectivity index is 1.71. The first-order chi connectivity index (χ1) is 13.6. The summed E-state index contributed by atoms with van der Waals surface area (Å²) in [6, 6.07) is 10.5. The van der Waals surface area contributed by atoms with Crippen LogP contribution in [0.5, 0.6) is 5.75 Å². The lowest BCUT2D eigenvalue weighted by atomic mass is 10.2. The van der Waals surface area contributed by atoms with Gasteiger partial charge in [0, 0.05) is 31.2 Å². The number of ether oxygens (including phenoxy) is 3. The van der Waals surface area contributed by atoms with E-state index in [1.807, 2.05) is 24.4 Å². The average molecular weight is 426 g/mol. The van der Waals surface area contributed by atoms with E-state index in [1.54, 1.807) is 35.6 Å². The average Bonchev–Trinajstić information content (AvgIpc) is 3.39. The van der Waals surface area contributed by atoms with Gasteiger partial charge < -0.3 is 14.2 Å². The second kappa shape index (κ2) is 10.4. The van der Waals surface area contributed by atoms with Gasteiger partial charge in [0.25, 0.3) is 0 Å². The Morgan fingerprint density at radius 3 is 2.68 bits per heavy atom. The summed E-state index contributed by atoms with van der Waals surface area (Å²) in [6.45, 7) is 4.93. The van der Waals surface area contributed by atoms with Crippen molar-refractivity contribution in [2.24, 2.45) is 0 Å². The van der Waals surface area contributed by atoms with Crippen LogP contribution in [0.3, 0.4) is 0 Å². The fourth-order valence-electron chi connectivity index (χ4n) is 3.06. The van der Waals surface area contributed by atoms with E-state index in [-0.39, 0.29) is 11.0 Å². The Bertz CT molecular complexity index is 800. The molecule has 1 aromatic heterocycles. The standard InChI is InChI=1S/C20H27NO5S2/c1-2-24-12-13-26-17-7-9-20(10-8-17)28(22,23)21(15-18-5-3-11-25-18)16-19-6-4-14-27-19/h4,6-10,14,18H,2-3,5,11-13,15-16H2,1H3. The highest BCUT2D eigenvalue weighted by Gasteiger charge is 2.29. The molecule has 0 amide bonds. The topological polar surface area (TPSA) is 65.1 Å². The molecule has 6 nitrogen and oxygen atoms in total. The van der Waals surface area contributed by atoms with Gasteiger partial charge in [-0.3, -0.25) is 0 Å². The molecule has 1 aliphatic heterocycles. The lowest BCUT2D eigenvalue weighted by Crippen LogP contribution is -2.36. The summed E-state index contributed by atoms with van der Waals surface area (Å²) < 4.78 is 44.6. The normalized spacial score (nSPS) is 17.3. The highest BCUT2D eigenvalue weighted by Crippen LogP contribution is 2.25. The van der Waals surface area contributed by atoms with Crippen LogP contribution in [0.4, 0.5) is 0 Å². The quantitative estimate of drug-likeness (QED) is 0.515. The Labute approximate surface area is 171 Å². The minimum Gasteiger partial charge on any atom is -0.491 e. The Morgan fingerprint density at radius 2 is 2.04 bits per heavy atom. The summed E-state index contributed by atoms with van der Waals surface area (Å²) in [4.78, 5) is 1.27. The minimum atomic E-state index is -3.63. The van der Waals surface area contributed by atoms with Gasteiger partial charge in [-0.05, 0) is 55.5 Å². The summed E-state index contributed by atoms with van der Waals surface area (Å²) >= 11 is 1.56. The van der Waals surface area contributed by atoms with Gasteiger partial charge in [0.1, 0.15) is 12.4 Å². The van der Waals surface area contributed by atoms with Gasteiger partial charge in [-0.25, -0.2) is 8.42 Å². The van der Waals surface area contributed by atoms with Crippen LogP contribution in [0.25, 0.3) is 0 Å². The Morgan fingerprint density at radius 1 is 1.21 bits per heavy atom. The van der Waals surface area contributed by atoms with Gasteiger partial charge in [-0.2, -0.15) is 4.31 Å². The number of sulfonamides is 1. The summed E-state index contributed by atoms with van der Waals surface area (Å²) in [5.41, 5.74) is 0. The lowest BCUT2D eigenvalue weighted by molar-refractivity contribution is 0.0927. The zero-order valence-electron chi connectivity index (χ0n) is 16.1. The van der Waals surface area contributed by atoms with E-state index in [1.165, 1.54) is 4.31 Å². The first kappa shape index (κ1) is 21.3. The number of benzene rings is 1. The van der Waals surface area contributed by atoms with Crippen molar-refractivity contribution in [3.05, 3.63) is 46.7 Å². The molecule has 2 heterocycles. The van der Waals surface area contributed by atoms with Crippen molar-refractivity contribution in [1.29, 1.82) is 0 Å². The number of hydrogen-bond acceptors (Lipinski definition) is 6. The van der Waals surface area contributed by atoms with E-state index in [4.69, 9.17) is 14.2 Å². The van der Waals surface area contributed by atoms with Crippen molar-refractivity contribution in [3.63, 3.8) is 0 Å². The number of rotatable bonds is 11. The lowest BCUT2D eigenvalue weighted by Gasteiger charge is -2.24. The number of thiophene rings is 1. The molecule has 3 rings (SSSR count). The van der Waals surface area contributed by atoms with Gasteiger partial charge >= 0.3 is 0 Å². The third-order valence-corrected chi connectivity index (χ3v) is 7.19. The third-order valence-electron chi connectivity index (χ3n) is 4.51. The maximum absolute atomic E-state index is 13.3. The highest BCUT2D eigenvalue weighted by atomic mass is 32.2. The molecule has 1 unspecified atom stereocenters. The van der Waals surface area contributed by atoms with Crippen LogP contribution in [-0.4, -0.2) is 51.8 Å². The summed E-state index contributed by atoms with van der Waals surface area (Å²) in [6.07, 6.45) is 1.82.